The Balaban J connectivity index is 2.00. The van der Waals surface area contributed by atoms with Crippen LogP contribution in [-0.4, -0.2) is 20.8 Å². The molecule has 2 aromatic rings. The van der Waals surface area contributed by atoms with E-state index < -0.39 is 5.79 Å². The highest BCUT2D eigenvalue weighted by Gasteiger charge is 2.40. The van der Waals surface area contributed by atoms with Gasteiger partial charge in [-0.3, -0.25) is 0 Å². The molecule has 166 valence electrons. The van der Waals surface area contributed by atoms with Crippen LogP contribution in [0.2, 0.25) is 0 Å². The third kappa shape index (κ3) is 7.45. The van der Waals surface area contributed by atoms with Crippen LogP contribution in [0.5, 0.6) is 0 Å². The maximum Gasteiger partial charge on any atom is 0.197 e. The van der Waals surface area contributed by atoms with Crippen molar-refractivity contribution in [3.05, 3.63) is 66.2 Å². The van der Waals surface area contributed by atoms with Crippen LogP contribution < -0.4 is 5.32 Å². The highest BCUT2D eigenvalue weighted by molar-refractivity contribution is 5.42. The third-order valence-electron chi connectivity index (χ3n) is 6.06. The highest BCUT2D eigenvalue weighted by Crippen LogP contribution is 2.40. The molecule has 1 N–H and O–H groups in total. The van der Waals surface area contributed by atoms with Crippen molar-refractivity contribution in [1.29, 1.82) is 0 Å². The summed E-state index contributed by atoms with van der Waals surface area (Å²) in [5.74, 6) is -0.365. The lowest BCUT2D eigenvalue weighted by atomic mass is 9.83. The van der Waals surface area contributed by atoms with Crippen LogP contribution in [-0.2, 0) is 15.3 Å². The average molecular weight is 412 g/mol. The molecule has 2 aromatic carbocycles. The molecule has 0 spiro atoms. The van der Waals surface area contributed by atoms with Gasteiger partial charge in [-0.25, -0.2) is 0 Å². The molecule has 1 atom stereocenters. The van der Waals surface area contributed by atoms with Crippen molar-refractivity contribution in [2.24, 2.45) is 5.92 Å². The fourth-order valence-corrected chi connectivity index (χ4v) is 4.39. The Labute approximate surface area is 184 Å². The molecule has 3 nitrogen and oxygen atoms in total. The molecule has 1 unspecified atom stereocenters. The second kappa shape index (κ2) is 14.2. The number of unbranched alkanes of at least 4 members (excludes halogenated alkanes) is 5. The van der Waals surface area contributed by atoms with Crippen LogP contribution in [0.15, 0.2) is 60.7 Å². The first-order valence-corrected chi connectivity index (χ1v) is 11.7. The maximum atomic E-state index is 6.10. The lowest BCUT2D eigenvalue weighted by Crippen LogP contribution is -2.39. The molecule has 0 heterocycles. The van der Waals surface area contributed by atoms with Crippen molar-refractivity contribution in [2.75, 3.05) is 26.1 Å². The van der Waals surface area contributed by atoms with E-state index in [0.29, 0.717) is 5.92 Å². The van der Waals surface area contributed by atoms with E-state index in [2.05, 4.69) is 60.8 Å². The van der Waals surface area contributed by atoms with E-state index in [-0.39, 0.29) is 0 Å². The minimum absolute atomic E-state index is 0.318. The van der Waals surface area contributed by atoms with E-state index >= 15 is 0 Å². The largest absolute Gasteiger partial charge is 0.385 e. The van der Waals surface area contributed by atoms with Gasteiger partial charge in [0.1, 0.15) is 0 Å². The minimum Gasteiger partial charge on any atom is -0.385 e. The van der Waals surface area contributed by atoms with Gasteiger partial charge >= 0.3 is 0 Å². The monoisotopic (exact) mass is 411 g/mol. The zero-order valence-electron chi connectivity index (χ0n) is 19.2. The van der Waals surface area contributed by atoms with E-state index in [1.54, 1.807) is 14.2 Å². The molecule has 3 heteroatoms. The molecule has 2 rings (SSSR count). The first-order valence-electron chi connectivity index (χ1n) is 11.7. The molecule has 0 fully saturated rings. The molecule has 0 aliphatic rings. The fraction of sp³-hybridized carbons (Fsp3) is 0.556. The topological polar surface area (TPSA) is 30.5 Å². The first kappa shape index (κ1) is 24.4. The predicted octanol–water partition coefficient (Wildman–Crippen LogP) is 7.39. The second-order valence-electron chi connectivity index (χ2n) is 8.13. The van der Waals surface area contributed by atoms with Crippen molar-refractivity contribution < 1.29 is 9.47 Å². The Hall–Kier alpha value is -1.84. The molecule has 0 aromatic heterocycles. The van der Waals surface area contributed by atoms with Crippen LogP contribution in [0.25, 0.3) is 0 Å². The van der Waals surface area contributed by atoms with Gasteiger partial charge in [0.05, 0.1) is 0 Å². The second-order valence-corrected chi connectivity index (χ2v) is 8.13. The highest BCUT2D eigenvalue weighted by atomic mass is 16.7. The van der Waals surface area contributed by atoms with Crippen molar-refractivity contribution in [2.45, 2.75) is 70.5 Å². The summed E-state index contributed by atoms with van der Waals surface area (Å²) in [6.07, 6.45) is 11.1. The number of nitrogens with one attached hydrogen (secondary N) is 1. The van der Waals surface area contributed by atoms with Gasteiger partial charge in [0.15, 0.2) is 5.79 Å². The molecular formula is C27H41NO2. The lowest BCUT2D eigenvalue weighted by Gasteiger charge is -2.39. The normalized spacial score (nSPS) is 12.6. The summed E-state index contributed by atoms with van der Waals surface area (Å²) in [5.41, 5.74) is 2.29. The molecule has 0 aliphatic carbocycles. The number of hydrogen-bond donors (Lipinski definition) is 1. The van der Waals surface area contributed by atoms with E-state index in [1.165, 1.54) is 44.2 Å². The van der Waals surface area contributed by atoms with Crippen LogP contribution >= 0.6 is 0 Å². The molecule has 0 saturated heterocycles. The Morgan fingerprint density at radius 1 is 0.733 bits per heavy atom. The number of anilines is 1. The van der Waals surface area contributed by atoms with Gasteiger partial charge < -0.3 is 14.8 Å². The van der Waals surface area contributed by atoms with E-state index in [1.807, 2.05) is 12.1 Å². The molecular weight excluding hydrogens is 370 g/mol. The first-order chi connectivity index (χ1) is 14.8. The summed E-state index contributed by atoms with van der Waals surface area (Å²) in [6.45, 7) is 3.22. The summed E-state index contributed by atoms with van der Waals surface area (Å²) in [5, 5.41) is 3.54. The molecule has 0 amide bonds. The van der Waals surface area contributed by atoms with Crippen LogP contribution in [0.4, 0.5) is 5.69 Å². The van der Waals surface area contributed by atoms with Gasteiger partial charge in [-0.05, 0) is 31.4 Å². The van der Waals surface area contributed by atoms with Gasteiger partial charge in [0.2, 0.25) is 0 Å². The molecule has 0 bridgehead atoms. The number of benzene rings is 2. The number of rotatable bonds is 16. The van der Waals surface area contributed by atoms with Crippen molar-refractivity contribution in [1.82, 2.24) is 0 Å². The van der Waals surface area contributed by atoms with Crippen LogP contribution in [0.3, 0.4) is 0 Å². The molecule has 0 radical (unpaired) electrons. The molecule has 0 aliphatic heterocycles. The minimum atomic E-state index is -0.683. The van der Waals surface area contributed by atoms with E-state index in [4.69, 9.17) is 9.47 Å². The summed E-state index contributed by atoms with van der Waals surface area (Å²) >= 11 is 0. The Morgan fingerprint density at radius 3 is 1.93 bits per heavy atom. The summed E-state index contributed by atoms with van der Waals surface area (Å²) in [4.78, 5) is 0. The predicted molar refractivity (Wildman–Crippen MR) is 128 cm³/mol. The van der Waals surface area contributed by atoms with Crippen LogP contribution in [0, 0.1) is 5.92 Å². The standard InChI is InChI=1S/C27H41NO2/c1-4-5-6-7-8-11-17-25(20-16-23-28-26-21-14-10-15-22-26)27(29-2,30-3)24-18-12-9-13-19-24/h9-10,12-15,18-19,21-22,25,28H,4-8,11,16-17,20,23H2,1-3H3. The maximum absolute atomic E-state index is 6.10. The average Bonchev–Trinajstić information content (AvgIpc) is 2.81. The SMILES string of the molecule is CCCCCCCCC(CCCNc1ccccc1)C(OC)(OC)c1ccccc1. The van der Waals surface area contributed by atoms with E-state index in [0.717, 1.165) is 31.4 Å². The van der Waals surface area contributed by atoms with E-state index in [9.17, 15) is 0 Å². The van der Waals surface area contributed by atoms with Gasteiger partial charge in [-0.15, -0.1) is 0 Å². The quantitative estimate of drug-likeness (QED) is 0.231. The van der Waals surface area contributed by atoms with Crippen molar-refractivity contribution in [3.63, 3.8) is 0 Å². The third-order valence-corrected chi connectivity index (χ3v) is 6.06. The summed E-state index contributed by atoms with van der Waals surface area (Å²) < 4.78 is 12.2. The smallest absolute Gasteiger partial charge is 0.197 e. The number of ether oxygens (including phenoxy) is 2. The number of methoxy groups -OCH3 is 2. The van der Waals surface area contributed by atoms with Gasteiger partial charge in [-0.2, -0.15) is 0 Å². The van der Waals surface area contributed by atoms with Gasteiger partial charge in [-0.1, -0.05) is 94.0 Å². The van der Waals surface area contributed by atoms with Gasteiger partial charge in [0.25, 0.3) is 0 Å². The summed E-state index contributed by atoms with van der Waals surface area (Å²) in [6, 6.07) is 20.9. The Morgan fingerprint density at radius 2 is 1.30 bits per heavy atom. The molecule has 30 heavy (non-hydrogen) atoms. The van der Waals surface area contributed by atoms with Crippen LogP contribution in [0.1, 0.15) is 70.3 Å². The van der Waals surface area contributed by atoms with Crippen molar-refractivity contribution >= 4 is 5.69 Å². The molecule has 0 saturated carbocycles. The Bertz CT molecular complexity index is 655. The zero-order chi connectivity index (χ0) is 21.5. The Kier molecular flexibility index (Phi) is 11.6. The zero-order valence-corrected chi connectivity index (χ0v) is 19.2. The van der Waals surface area contributed by atoms with Crippen molar-refractivity contribution in [3.8, 4) is 0 Å². The fourth-order valence-electron chi connectivity index (χ4n) is 4.39. The number of para-hydroxylation sites is 1. The summed E-state index contributed by atoms with van der Waals surface area (Å²) in [7, 11) is 3.57. The van der Waals surface area contributed by atoms with Gasteiger partial charge in [0, 0.05) is 37.9 Å². The lowest BCUT2D eigenvalue weighted by molar-refractivity contribution is -0.253. The number of hydrogen-bond acceptors (Lipinski definition) is 3.